The van der Waals surface area contributed by atoms with Crippen LogP contribution < -0.4 is 5.32 Å². The first-order chi connectivity index (χ1) is 9.02. The Hall–Kier alpha value is -1.60. The molecule has 1 heteroatoms. The molecule has 0 radical (unpaired) electrons. The average Bonchev–Trinajstić information content (AvgIpc) is 2.34. The third kappa shape index (κ3) is 2.87. The van der Waals surface area contributed by atoms with Crippen LogP contribution in [0.25, 0.3) is 0 Å². The molecule has 0 aliphatic rings. The normalized spacial score (nSPS) is 12.5. The summed E-state index contributed by atoms with van der Waals surface area (Å²) in [4.78, 5) is 0. The third-order valence-electron chi connectivity index (χ3n) is 3.82. The first-order valence-electron chi connectivity index (χ1n) is 6.84. The second-order valence-electron chi connectivity index (χ2n) is 5.43. The van der Waals surface area contributed by atoms with Crippen molar-refractivity contribution < 1.29 is 0 Å². The topological polar surface area (TPSA) is 12.0 Å². The summed E-state index contributed by atoms with van der Waals surface area (Å²) in [5.41, 5.74) is 8.07. The van der Waals surface area contributed by atoms with Gasteiger partial charge < -0.3 is 5.32 Å². The fraction of sp³-hybridized carbons (Fsp3) is 0.333. The third-order valence-corrected chi connectivity index (χ3v) is 3.82. The lowest BCUT2D eigenvalue weighted by Crippen LogP contribution is -2.19. The van der Waals surface area contributed by atoms with E-state index in [0.29, 0.717) is 0 Å². The highest BCUT2D eigenvalue weighted by molar-refractivity contribution is 5.42. The van der Waals surface area contributed by atoms with Crippen LogP contribution in [0.4, 0.5) is 0 Å². The van der Waals surface area contributed by atoms with Crippen LogP contribution in [0.1, 0.15) is 39.4 Å². The van der Waals surface area contributed by atoms with Gasteiger partial charge in [-0.25, -0.2) is 0 Å². The summed E-state index contributed by atoms with van der Waals surface area (Å²) in [5, 5.41) is 3.46. The van der Waals surface area contributed by atoms with Gasteiger partial charge in [-0.2, -0.15) is 0 Å². The zero-order valence-electron chi connectivity index (χ0n) is 12.5. The van der Waals surface area contributed by atoms with E-state index in [9.17, 15) is 0 Å². The van der Waals surface area contributed by atoms with Gasteiger partial charge in [-0.15, -0.1) is 0 Å². The van der Waals surface area contributed by atoms with Crippen molar-refractivity contribution in [2.24, 2.45) is 0 Å². The first kappa shape index (κ1) is 13.8. The van der Waals surface area contributed by atoms with Crippen LogP contribution in [0.5, 0.6) is 0 Å². The van der Waals surface area contributed by atoms with Crippen molar-refractivity contribution in [3.63, 3.8) is 0 Å². The molecular weight excluding hydrogens is 230 g/mol. The molecule has 0 saturated heterocycles. The van der Waals surface area contributed by atoms with E-state index >= 15 is 0 Å². The molecule has 2 aromatic rings. The zero-order chi connectivity index (χ0) is 14.0. The molecule has 0 aromatic heterocycles. The highest BCUT2D eigenvalue weighted by Crippen LogP contribution is 2.27. The predicted molar refractivity (Wildman–Crippen MR) is 82.7 cm³/mol. The summed E-state index contributed by atoms with van der Waals surface area (Å²) < 4.78 is 0. The predicted octanol–water partition coefficient (Wildman–Crippen LogP) is 4.23. The smallest absolute Gasteiger partial charge is 0.0577 e. The van der Waals surface area contributed by atoms with Crippen molar-refractivity contribution in [1.29, 1.82) is 0 Å². The number of hydrogen-bond acceptors (Lipinski definition) is 1. The molecule has 0 spiro atoms. The van der Waals surface area contributed by atoms with E-state index < -0.39 is 0 Å². The number of aryl methyl sites for hydroxylation is 3. The van der Waals surface area contributed by atoms with Gasteiger partial charge >= 0.3 is 0 Å². The van der Waals surface area contributed by atoms with Crippen molar-refractivity contribution in [2.75, 3.05) is 7.05 Å². The Morgan fingerprint density at radius 3 is 2.11 bits per heavy atom. The van der Waals surface area contributed by atoms with Gasteiger partial charge in [0, 0.05) is 0 Å². The summed E-state index contributed by atoms with van der Waals surface area (Å²) in [6, 6.07) is 13.6. The van der Waals surface area contributed by atoms with Gasteiger partial charge in [0.05, 0.1) is 6.04 Å². The molecule has 0 bridgehead atoms. The van der Waals surface area contributed by atoms with Crippen LogP contribution in [0.3, 0.4) is 0 Å². The molecule has 0 heterocycles. The van der Waals surface area contributed by atoms with Crippen LogP contribution in [0.15, 0.2) is 36.4 Å². The monoisotopic (exact) mass is 253 g/mol. The highest BCUT2D eigenvalue weighted by Gasteiger charge is 2.15. The highest BCUT2D eigenvalue weighted by atomic mass is 14.9. The van der Waals surface area contributed by atoms with E-state index in [2.05, 4.69) is 69.4 Å². The van der Waals surface area contributed by atoms with E-state index in [0.717, 1.165) is 0 Å². The van der Waals surface area contributed by atoms with Crippen LogP contribution >= 0.6 is 0 Å². The average molecular weight is 253 g/mol. The standard InChI is InChI=1S/C18H23N/c1-12-9-13(2)11-16(10-12)18(19-5)17-8-6-7-14(3)15(17)4/h6-11,18-19H,1-5H3. The van der Waals surface area contributed by atoms with Crippen molar-refractivity contribution in [2.45, 2.75) is 33.7 Å². The summed E-state index contributed by atoms with van der Waals surface area (Å²) in [6.45, 7) is 8.70. The lowest BCUT2D eigenvalue weighted by molar-refractivity contribution is 0.685. The number of benzene rings is 2. The van der Waals surface area contributed by atoms with E-state index in [1.807, 2.05) is 7.05 Å². The molecule has 1 atom stereocenters. The Morgan fingerprint density at radius 1 is 0.895 bits per heavy atom. The number of nitrogens with one attached hydrogen (secondary N) is 1. The lowest BCUT2D eigenvalue weighted by Gasteiger charge is -2.21. The molecule has 1 N–H and O–H groups in total. The van der Waals surface area contributed by atoms with E-state index in [1.165, 1.54) is 33.4 Å². The van der Waals surface area contributed by atoms with Crippen molar-refractivity contribution in [1.82, 2.24) is 5.32 Å². The number of rotatable bonds is 3. The van der Waals surface area contributed by atoms with Gasteiger partial charge in [0.25, 0.3) is 0 Å². The molecular formula is C18H23N. The maximum atomic E-state index is 3.46. The minimum absolute atomic E-state index is 0.262. The van der Waals surface area contributed by atoms with Crippen molar-refractivity contribution >= 4 is 0 Å². The van der Waals surface area contributed by atoms with Gasteiger partial charge in [-0.1, -0.05) is 47.5 Å². The molecule has 1 nitrogen and oxygen atoms in total. The molecule has 1 unspecified atom stereocenters. The van der Waals surface area contributed by atoms with Gasteiger partial charge in [-0.05, 0) is 57.0 Å². The molecule has 0 saturated carbocycles. The van der Waals surface area contributed by atoms with Gasteiger partial charge in [0.15, 0.2) is 0 Å². The molecule has 2 rings (SSSR count). The molecule has 0 amide bonds. The maximum Gasteiger partial charge on any atom is 0.0577 e. The molecule has 19 heavy (non-hydrogen) atoms. The fourth-order valence-corrected chi connectivity index (χ4v) is 2.76. The number of hydrogen-bond donors (Lipinski definition) is 1. The Balaban J connectivity index is 2.53. The van der Waals surface area contributed by atoms with Crippen molar-refractivity contribution in [3.05, 3.63) is 69.8 Å². The van der Waals surface area contributed by atoms with Crippen LogP contribution in [-0.2, 0) is 0 Å². The largest absolute Gasteiger partial charge is 0.309 e. The van der Waals surface area contributed by atoms with Crippen LogP contribution in [0, 0.1) is 27.7 Å². The molecule has 0 fully saturated rings. The summed E-state index contributed by atoms with van der Waals surface area (Å²) in [5.74, 6) is 0. The lowest BCUT2D eigenvalue weighted by atomic mass is 9.91. The Kier molecular flexibility index (Phi) is 4.06. The Labute approximate surface area is 116 Å². The van der Waals surface area contributed by atoms with Crippen LogP contribution in [0.2, 0.25) is 0 Å². The molecule has 100 valence electrons. The second-order valence-corrected chi connectivity index (χ2v) is 5.43. The summed E-state index contributed by atoms with van der Waals surface area (Å²) in [6.07, 6.45) is 0. The van der Waals surface area contributed by atoms with Crippen molar-refractivity contribution in [3.8, 4) is 0 Å². The van der Waals surface area contributed by atoms with E-state index in [-0.39, 0.29) is 6.04 Å². The minimum atomic E-state index is 0.262. The quantitative estimate of drug-likeness (QED) is 0.863. The fourth-order valence-electron chi connectivity index (χ4n) is 2.76. The van der Waals surface area contributed by atoms with Crippen LogP contribution in [-0.4, -0.2) is 7.05 Å². The molecule has 0 aliphatic carbocycles. The Morgan fingerprint density at radius 2 is 1.53 bits per heavy atom. The molecule has 2 aromatic carbocycles. The van der Waals surface area contributed by atoms with E-state index in [1.54, 1.807) is 0 Å². The zero-order valence-corrected chi connectivity index (χ0v) is 12.5. The first-order valence-corrected chi connectivity index (χ1v) is 6.84. The van der Waals surface area contributed by atoms with Gasteiger partial charge in [-0.3, -0.25) is 0 Å². The van der Waals surface area contributed by atoms with Gasteiger partial charge in [0.2, 0.25) is 0 Å². The second kappa shape index (κ2) is 5.58. The molecule has 0 aliphatic heterocycles. The Bertz CT molecular complexity index is 564. The SMILES string of the molecule is CNC(c1cc(C)cc(C)c1)c1cccc(C)c1C. The summed E-state index contributed by atoms with van der Waals surface area (Å²) in [7, 11) is 2.03. The maximum absolute atomic E-state index is 3.46. The van der Waals surface area contributed by atoms with E-state index in [4.69, 9.17) is 0 Å². The minimum Gasteiger partial charge on any atom is -0.309 e. The summed E-state index contributed by atoms with van der Waals surface area (Å²) >= 11 is 0. The van der Waals surface area contributed by atoms with Gasteiger partial charge in [0.1, 0.15) is 0 Å².